The van der Waals surface area contributed by atoms with Crippen molar-refractivity contribution in [2.24, 2.45) is 11.3 Å². The van der Waals surface area contributed by atoms with Gasteiger partial charge in [0.05, 0.1) is 6.10 Å². The molecule has 102 valence electrons. The summed E-state index contributed by atoms with van der Waals surface area (Å²) < 4.78 is 6.64. The molecule has 2 fully saturated rings. The Labute approximate surface area is 120 Å². The van der Waals surface area contributed by atoms with Gasteiger partial charge in [-0.2, -0.15) is 0 Å². The molecule has 0 bridgehead atoms. The molecule has 0 aromatic carbocycles. The lowest BCUT2D eigenvalue weighted by atomic mass is 9.75. The lowest BCUT2D eigenvalue weighted by molar-refractivity contribution is -0.153. The number of hydrogen-bond donors (Lipinski definition) is 1. The minimum Gasteiger partial charge on any atom is -0.481 e. The predicted octanol–water partition coefficient (Wildman–Crippen LogP) is 2.66. The third-order valence-electron chi connectivity index (χ3n) is 4.15. The molecule has 1 aromatic rings. The van der Waals surface area contributed by atoms with Crippen LogP contribution in [0.1, 0.15) is 25.0 Å². The number of hydrogen-bond acceptors (Lipinski definition) is 3. The molecule has 2 atom stereocenters. The Hall–Kier alpha value is -0.940. The molecule has 3 rings (SSSR count). The van der Waals surface area contributed by atoms with E-state index in [9.17, 15) is 9.90 Å². The summed E-state index contributed by atoms with van der Waals surface area (Å²) in [5, 5.41) is 9.71. The number of carbonyl (C=O) groups is 1. The van der Waals surface area contributed by atoms with E-state index in [0.717, 1.165) is 23.0 Å². The summed E-state index contributed by atoms with van der Waals surface area (Å²) in [6.07, 6.45) is 4.79. The lowest BCUT2D eigenvalue weighted by Crippen LogP contribution is -2.42. The van der Waals surface area contributed by atoms with Gasteiger partial charge in [0.2, 0.25) is 0 Å². The third kappa shape index (κ3) is 2.41. The molecular weight excluding hydrogens is 310 g/mol. The number of aliphatic carboxylic acids is 1. The number of carboxylic acid groups (broad SMARTS) is 1. The number of halogens is 1. The number of pyridine rings is 1. The van der Waals surface area contributed by atoms with E-state index in [4.69, 9.17) is 4.74 Å². The van der Waals surface area contributed by atoms with Crippen LogP contribution in [-0.4, -0.2) is 28.8 Å². The first-order chi connectivity index (χ1) is 9.12. The van der Waals surface area contributed by atoms with Crippen LogP contribution in [0.3, 0.4) is 0 Å². The molecule has 0 spiro atoms. The van der Waals surface area contributed by atoms with Gasteiger partial charge in [0.1, 0.15) is 5.41 Å². The van der Waals surface area contributed by atoms with E-state index in [1.807, 2.05) is 12.1 Å². The molecule has 1 saturated carbocycles. The van der Waals surface area contributed by atoms with Crippen molar-refractivity contribution in [3.63, 3.8) is 0 Å². The van der Waals surface area contributed by atoms with Crippen molar-refractivity contribution < 1.29 is 14.6 Å². The first-order valence-corrected chi connectivity index (χ1v) is 7.36. The maximum atomic E-state index is 11.8. The Bertz CT molecular complexity index is 486. The average molecular weight is 326 g/mol. The Balaban J connectivity index is 1.87. The van der Waals surface area contributed by atoms with Crippen LogP contribution in [-0.2, 0) is 16.0 Å². The van der Waals surface area contributed by atoms with Crippen molar-refractivity contribution in [1.29, 1.82) is 0 Å². The second-order valence-electron chi connectivity index (χ2n) is 5.48. The zero-order valence-corrected chi connectivity index (χ0v) is 12.1. The van der Waals surface area contributed by atoms with E-state index in [1.165, 1.54) is 0 Å². The van der Waals surface area contributed by atoms with E-state index >= 15 is 0 Å². The Morgan fingerprint density at radius 1 is 1.53 bits per heavy atom. The molecule has 1 aromatic heterocycles. The van der Waals surface area contributed by atoms with E-state index in [-0.39, 0.29) is 6.10 Å². The van der Waals surface area contributed by atoms with Gasteiger partial charge in [-0.25, -0.2) is 0 Å². The summed E-state index contributed by atoms with van der Waals surface area (Å²) >= 11 is 3.34. The normalized spacial score (nSPS) is 30.5. The monoisotopic (exact) mass is 325 g/mol. The van der Waals surface area contributed by atoms with Crippen LogP contribution < -0.4 is 0 Å². The highest BCUT2D eigenvalue weighted by molar-refractivity contribution is 9.10. The first kappa shape index (κ1) is 13.1. The van der Waals surface area contributed by atoms with Gasteiger partial charge in [-0.05, 0) is 53.2 Å². The summed E-state index contributed by atoms with van der Waals surface area (Å²) in [4.78, 5) is 16.1. The van der Waals surface area contributed by atoms with Crippen LogP contribution >= 0.6 is 15.9 Å². The second-order valence-corrected chi connectivity index (χ2v) is 6.40. The number of carboxylic acids is 1. The smallest absolute Gasteiger partial charge is 0.312 e. The lowest BCUT2D eigenvalue weighted by Gasteiger charge is -2.29. The molecule has 2 unspecified atom stereocenters. The fourth-order valence-corrected chi connectivity index (χ4v) is 3.22. The highest BCUT2D eigenvalue weighted by Crippen LogP contribution is 2.49. The third-order valence-corrected chi connectivity index (χ3v) is 4.62. The second kappa shape index (κ2) is 4.87. The highest BCUT2D eigenvalue weighted by Gasteiger charge is 2.55. The van der Waals surface area contributed by atoms with E-state index < -0.39 is 11.4 Å². The maximum Gasteiger partial charge on any atom is 0.312 e. The van der Waals surface area contributed by atoms with E-state index in [2.05, 4.69) is 20.9 Å². The van der Waals surface area contributed by atoms with Gasteiger partial charge in [0.15, 0.2) is 0 Å². The van der Waals surface area contributed by atoms with Gasteiger partial charge in [0.25, 0.3) is 0 Å². The molecule has 19 heavy (non-hydrogen) atoms. The zero-order valence-electron chi connectivity index (χ0n) is 10.5. The number of rotatable bonds is 4. The largest absolute Gasteiger partial charge is 0.481 e. The molecule has 4 nitrogen and oxygen atoms in total. The SMILES string of the molecule is O=C(O)C1(Cc2ccc(Br)cn2)CCOC1C1CC1. The van der Waals surface area contributed by atoms with Crippen LogP contribution in [0.15, 0.2) is 22.8 Å². The minimum atomic E-state index is -0.790. The van der Waals surface area contributed by atoms with Crippen LogP contribution in [0.2, 0.25) is 0 Å². The van der Waals surface area contributed by atoms with Crippen molar-refractivity contribution in [1.82, 2.24) is 4.98 Å². The van der Waals surface area contributed by atoms with Crippen LogP contribution in [0.25, 0.3) is 0 Å². The van der Waals surface area contributed by atoms with Crippen LogP contribution in [0.5, 0.6) is 0 Å². The first-order valence-electron chi connectivity index (χ1n) is 6.57. The van der Waals surface area contributed by atoms with Gasteiger partial charge in [-0.1, -0.05) is 0 Å². The summed E-state index contributed by atoms with van der Waals surface area (Å²) in [6, 6.07) is 3.79. The van der Waals surface area contributed by atoms with Crippen LogP contribution in [0, 0.1) is 11.3 Å². The van der Waals surface area contributed by atoms with Gasteiger partial charge in [-0.15, -0.1) is 0 Å². The summed E-state index contributed by atoms with van der Waals surface area (Å²) in [5.74, 6) is -0.319. The van der Waals surface area contributed by atoms with Gasteiger partial charge >= 0.3 is 5.97 Å². The van der Waals surface area contributed by atoms with E-state index in [0.29, 0.717) is 25.4 Å². The maximum absolute atomic E-state index is 11.8. The van der Waals surface area contributed by atoms with Crippen molar-refractivity contribution >= 4 is 21.9 Å². The van der Waals surface area contributed by atoms with Crippen molar-refractivity contribution in [2.45, 2.75) is 31.8 Å². The molecule has 1 aliphatic heterocycles. The highest BCUT2D eigenvalue weighted by atomic mass is 79.9. The molecule has 0 amide bonds. The number of aromatic nitrogens is 1. The molecule has 2 heterocycles. The standard InChI is InChI=1S/C14H16BrNO3/c15-10-3-4-11(16-8-10)7-14(13(17)18)5-6-19-12(14)9-1-2-9/h3-4,8-9,12H,1-2,5-7H2,(H,17,18). The minimum absolute atomic E-state index is 0.143. The molecule has 5 heteroatoms. The van der Waals surface area contributed by atoms with Crippen molar-refractivity contribution in [2.75, 3.05) is 6.61 Å². The van der Waals surface area contributed by atoms with Gasteiger partial charge < -0.3 is 9.84 Å². The fourth-order valence-electron chi connectivity index (χ4n) is 2.98. The van der Waals surface area contributed by atoms with E-state index in [1.54, 1.807) is 6.20 Å². The Kier molecular flexibility index (Phi) is 3.35. The predicted molar refractivity (Wildman–Crippen MR) is 72.8 cm³/mol. The van der Waals surface area contributed by atoms with Crippen molar-refractivity contribution in [3.05, 3.63) is 28.5 Å². The quantitative estimate of drug-likeness (QED) is 0.924. The fraction of sp³-hybridized carbons (Fsp3) is 0.571. The van der Waals surface area contributed by atoms with Gasteiger partial charge in [0, 0.05) is 29.4 Å². The molecule has 0 radical (unpaired) electrons. The summed E-state index contributed by atoms with van der Waals surface area (Å²) in [6.45, 7) is 0.546. The topological polar surface area (TPSA) is 59.4 Å². The molecule has 1 N–H and O–H groups in total. The van der Waals surface area contributed by atoms with Crippen LogP contribution in [0.4, 0.5) is 0 Å². The van der Waals surface area contributed by atoms with Crippen molar-refractivity contribution in [3.8, 4) is 0 Å². The number of ether oxygens (including phenoxy) is 1. The molecular formula is C14H16BrNO3. The summed E-state index contributed by atoms with van der Waals surface area (Å²) in [5.41, 5.74) is 0.0314. The molecule has 2 aliphatic rings. The molecule has 1 aliphatic carbocycles. The summed E-state index contributed by atoms with van der Waals surface area (Å²) in [7, 11) is 0. The molecule has 1 saturated heterocycles. The Morgan fingerprint density at radius 3 is 2.89 bits per heavy atom. The zero-order chi connectivity index (χ0) is 13.5. The number of nitrogens with zero attached hydrogens (tertiary/aromatic N) is 1. The van der Waals surface area contributed by atoms with Gasteiger partial charge in [-0.3, -0.25) is 9.78 Å². The Morgan fingerprint density at radius 2 is 2.32 bits per heavy atom. The average Bonchev–Trinajstić information content (AvgIpc) is 3.14.